The van der Waals surface area contributed by atoms with Gasteiger partial charge < -0.3 is 10.1 Å². The normalized spacial score (nSPS) is 10.6. The molecule has 1 aromatic heterocycles. The van der Waals surface area contributed by atoms with E-state index in [0.29, 0.717) is 15.9 Å². The maximum absolute atomic E-state index is 12.0. The molecular weight excluding hydrogens is 414 g/mol. The lowest BCUT2D eigenvalue weighted by Crippen LogP contribution is -2.37. The molecule has 1 heterocycles. The van der Waals surface area contributed by atoms with Crippen molar-refractivity contribution in [2.24, 2.45) is 0 Å². The van der Waals surface area contributed by atoms with Crippen molar-refractivity contribution in [2.75, 3.05) is 11.9 Å². The SMILES string of the molecule is CCCCc1ccc2nc(NC(=S)NC(=O)COc3ccccc3Cl)sc2c1. The molecule has 1 amide bonds. The van der Waals surface area contributed by atoms with Crippen LogP contribution in [-0.4, -0.2) is 22.6 Å². The quantitative estimate of drug-likeness (QED) is 0.502. The number of para-hydroxylation sites is 1. The smallest absolute Gasteiger partial charge is 0.264 e. The highest BCUT2D eigenvalue weighted by molar-refractivity contribution is 7.80. The molecule has 0 spiro atoms. The standard InChI is InChI=1S/C20H20ClN3O2S2/c1-2-3-6-13-9-10-15-17(11-13)28-20(22-15)24-19(27)23-18(25)12-26-16-8-5-4-7-14(16)21/h4-5,7-11H,2-3,6,12H2,1H3,(H2,22,23,24,25,27). The molecule has 3 aromatic rings. The van der Waals surface area contributed by atoms with E-state index in [-0.39, 0.29) is 17.6 Å². The van der Waals surface area contributed by atoms with Gasteiger partial charge in [-0.2, -0.15) is 0 Å². The predicted molar refractivity (Wildman–Crippen MR) is 120 cm³/mol. The van der Waals surface area contributed by atoms with Gasteiger partial charge in [-0.05, 0) is 54.9 Å². The van der Waals surface area contributed by atoms with Crippen LogP contribution < -0.4 is 15.4 Å². The van der Waals surface area contributed by atoms with E-state index in [2.05, 4.69) is 34.7 Å². The lowest BCUT2D eigenvalue weighted by Gasteiger charge is -2.09. The number of carbonyl (C=O) groups is 1. The zero-order valence-electron chi connectivity index (χ0n) is 15.3. The summed E-state index contributed by atoms with van der Waals surface area (Å²) in [6.45, 7) is 1.99. The third-order valence-corrected chi connectivity index (χ3v) is 5.39. The van der Waals surface area contributed by atoms with Gasteiger partial charge in [-0.1, -0.05) is 54.5 Å². The molecule has 0 unspecified atom stereocenters. The van der Waals surface area contributed by atoms with Gasteiger partial charge in [0.2, 0.25) is 0 Å². The van der Waals surface area contributed by atoms with Crippen LogP contribution in [0.15, 0.2) is 42.5 Å². The second-order valence-electron chi connectivity index (χ2n) is 6.15. The Morgan fingerprint density at radius 1 is 1.29 bits per heavy atom. The van der Waals surface area contributed by atoms with E-state index in [1.165, 1.54) is 29.7 Å². The summed E-state index contributed by atoms with van der Waals surface area (Å²) in [6.07, 6.45) is 3.40. The summed E-state index contributed by atoms with van der Waals surface area (Å²) in [5, 5.41) is 6.81. The third kappa shape index (κ3) is 5.64. The van der Waals surface area contributed by atoms with Crippen LogP contribution in [0.4, 0.5) is 5.13 Å². The molecule has 28 heavy (non-hydrogen) atoms. The first-order valence-corrected chi connectivity index (χ1v) is 10.5. The molecule has 0 saturated carbocycles. The van der Waals surface area contributed by atoms with Crippen molar-refractivity contribution < 1.29 is 9.53 Å². The number of thiazole rings is 1. The molecule has 3 rings (SSSR count). The Morgan fingerprint density at radius 3 is 2.89 bits per heavy atom. The molecular formula is C20H20ClN3O2S2. The highest BCUT2D eigenvalue weighted by Gasteiger charge is 2.10. The Bertz CT molecular complexity index is 990. The minimum Gasteiger partial charge on any atom is -0.482 e. The minimum atomic E-state index is -0.375. The summed E-state index contributed by atoms with van der Waals surface area (Å²) < 4.78 is 6.49. The van der Waals surface area contributed by atoms with Crippen molar-refractivity contribution in [1.82, 2.24) is 10.3 Å². The molecule has 0 radical (unpaired) electrons. The van der Waals surface area contributed by atoms with Gasteiger partial charge in [0.1, 0.15) is 5.75 Å². The summed E-state index contributed by atoms with van der Waals surface area (Å²) >= 11 is 12.7. The molecule has 0 fully saturated rings. The van der Waals surface area contributed by atoms with Crippen molar-refractivity contribution in [3.05, 3.63) is 53.1 Å². The van der Waals surface area contributed by atoms with Gasteiger partial charge in [0.05, 0.1) is 15.2 Å². The fourth-order valence-corrected chi connectivity index (χ4v) is 3.95. The first-order valence-electron chi connectivity index (χ1n) is 8.93. The van der Waals surface area contributed by atoms with Crippen LogP contribution in [0.2, 0.25) is 5.02 Å². The molecule has 0 aliphatic rings. The maximum atomic E-state index is 12.0. The van der Waals surface area contributed by atoms with Gasteiger partial charge >= 0.3 is 0 Å². The largest absolute Gasteiger partial charge is 0.482 e. The molecule has 0 aliphatic heterocycles. The number of halogens is 1. The van der Waals surface area contributed by atoms with Crippen molar-refractivity contribution in [1.29, 1.82) is 0 Å². The highest BCUT2D eigenvalue weighted by atomic mass is 35.5. The maximum Gasteiger partial charge on any atom is 0.264 e. The van der Waals surface area contributed by atoms with Gasteiger partial charge in [0.15, 0.2) is 16.9 Å². The van der Waals surface area contributed by atoms with Crippen LogP contribution in [-0.2, 0) is 11.2 Å². The Labute approximate surface area is 178 Å². The summed E-state index contributed by atoms with van der Waals surface area (Å²) in [5.74, 6) is 0.0728. The van der Waals surface area contributed by atoms with Crippen molar-refractivity contribution in [2.45, 2.75) is 26.2 Å². The molecule has 0 atom stereocenters. The number of nitrogens with one attached hydrogen (secondary N) is 2. The molecule has 0 saturated heterocycles. The van der Waals surface area contributed by atoms with E-state index in [4.69, 9.17) is 28.6 Å². The molecule has 2 aromatic carbocycles. The number of nitrogens with zero attached hydrogens (tertiary/aromatic N) is 1. The number of rotatable bonds is 7. The zero-order valence-corrected chi connectivity index (χ0v) is 17.7. The van der Waals surface area contributed by atoms with Crippen LogP contribution in [0, 0.1) is 0 Å². The fraction of sp³-hybridized carbons (Fsp3) is 0.250. The number of unbranched alkanes of at least 4 members (excludes halogenated alkanes) is 1. The van der Waals surface area contributed by atoms with E-state index < -0.39 is 0 Å². The molecule has 146 valence electrons. The number of aromatic nitrogens is 1. The second kappa shape index (κ2) is 9.82. The fourth-order valence-electron chi connectivity index (χ4n) is 2.56. The summed E-state index contributed by atoms with van der Waals surface area (Å²) in [6, 6.07) is 13.2. The Hall–Kier alpha value is -2.22. The van der Waals surface area contributed by atoms with Gasteiger partial charge in [0.25, 0.3) is 5.91 Å². The lowest BCUT2D eigenvalue weighted by molar-refractivity contribution is -0.121. The first kappa shape index (κ1) is 20.5. The van der Waals surface area contributed by atoms with Crippen LogP contribution in [0.25, 0.3) is 10.2 Å². The average Bonchev–Trinajstić information content (AvgIpc) is 3.06. The van der Waals surface area contributed by atoms with E-state index in [0.717, 1.165) is 16.6 Å². The number of anilines is 1. The highest BCUT2D eigenvalue weighted by Crippen LogP contribution is 2.27. The van der Waals surface area contributed by atoms with Crippen molar-refractivity contribution in [3.63, 3.8) is 0 Å². The summed E-state index contributed by atoms with van der Waals surface area (Å²) in [7, 11) is 0. The van der Waals surface area contributed by atoms with Gasteiger partial charge in [0, 0.05) is 0 Å². The third-order valence-electron chi connectivity index (χ3n) is 3.94. The van der Waals surface area contributed by atoms with Gasteiger partial charge in [-0.15, -0.1) is 0 Å². The van der Waals surface area contributed by atoms with Crippen LogP contribution in [0.5, 0.6) is 5.75 Å². The Balaban J connectivity index is 1.53. The van der Waals surface area contributed by atoms with Crippen LogP contribution in [0.1, 0.15) is 25.3 Å². The van der Waals surface area contributed by atoms with E-state index >= 15 is 0 Å². The van der Waals surface area contributed by atoms with E-state index in [9.17, 15) is 4.79 Å². The Kier molecular flexibility index (Phi) is 7.19. The molecule has 2 N–H and O–H groups in total. The number of ether oxygens (including phenoxy) is 1. The van der Waals surface area contributed by atoms with Gasteiger partial charge in [-0.25, -0.2) is 4.98 Å². The van der Waals surface area contributed by atoms with E-state index in [1.54, 1.807) is 24.3 Å². The van der Waals surface area contributed by atoms with Crippen molar-refractivity contribution in [3.8, 4) is 5.75 Å². The molecule has 0 aliphatic carbocycles. The number of aryl methyl sites for hydroxylation is 1. The van der Waals surface area contributed by atoms with E-state index in [1.807, 2.05) is 6.07 Å². The number of amides is 1. The predicted octanol–water partition coefficient (Wildman–Crippen LogP) is 5.18. The monoisotopic (exact) mass is 433 g/mol. The second-order valence-corrected chi connectivity index (χ2v) is 7.99. The van der Waals surface area contributed by atoms with Gasteiger partial charge in [-0.3, -0.25) is 10.1 Å². The topological polar surface area (TPSA) is 63.2 Å². The lowest BCUT2D eigenvalue weighted by atomic mass is 10.1. The number of fused-ring (bicyclic) bond motifs is 1. The number of hydrogen-bond acceptors (Lipinski definition) is 5. The first-order chi connectivity index (χ1) is 13.5. The minimum absolute atomic E-state index is 0.179. The molecule has 5 nitrogen and oxygen atoms in total. The molecule has 0 bridgehead atoms. The zero-order chi connectivity index (χ0) is 19.9. The number of thiocarbonyl (C=S) groups is 1. The summed E-state index contributed by atoms with van der Waals surface area (Å²) in [4.78, 5) is 16.5. The van der Waals surface area contributed by atoms with Crippen molar-refractivity contribution >= 4 is 61.5 Å². The number of hydrogen-bond donors (Lipinski definition) is 2. The number of carbonyl (C=O) groups excluding carboxylic acids is 1. The van der Waals surface area contributed by atoms with Crippen LogP contribution >= 0.6 is 35.2 Å². The van der Waals surface area contributed by atoms with Crippen LogP contribution in [0.3, 0.4) is 0 Å². The Morgan fingerprint density at radius 2 is 2.11 bits per heavy atom. The summed E-state index contributed by atoms with van der Waals surface area (Å²) in [5.41, 5.74) is 2.21. The molecule has 8 heteroatoms. The average molecular weight is 434 g/mol. The number of benzene rings is 2.